The summed E-state index contributed by atoms with van der Waals surface area (Å²) < 4.78 is 31.2. The summed E-state index contributed by atoms with van der Waals surface area (Å²) in [7, 11) is 0. The highest BCUT2D eigenvalue weighted by Gasteiger charge is 2.46. The summed E-state index contributed by atoms with van der Waals surface area (Å²) in [5, 5.41) is 10.3. The van der Waals surface area contributed by atoms with Crippen molar-refractivity contribution in [3.05, 3.63) is 59.7 Å². The summed E-state index contributed by atoms with van der Waals surface area (Å²) >= 11 is 0. The number of ether oxygens (including phenoxy) is 5. The minimum absolute atomic E-state index is 0.0403. The van der Waals surface area contributed by atoms with Crippen LogP contribution < -0.4 is 0 Å². The summed E-state index contributed by atoms with van der Waals surface area (Å²) in [6, 6.07) is 10.3. The molecule has 0 spiro atoms. The minimum Gasteiger partial charge on any atom is -0.396 e. The van der Waals surface area contributed by atoms with Crippen molar-refractivity contribution in [2.45, 2.75) is 115 Å². The van der Waals surface area contributed by atoms with Gasteiger partial charge >= 0.3 is 0 Å². The van der Waals surface area contributed by atoms with Gasteiger partial charge in [0, 0.05) is 25.0 Å². The average Bonchev–Trinajstić information content (AvgIpc) is 3.57. The van der Waals surface area contributed by atoms with E-state index in [0.29, 0.717) is 31.0 Å². The van der Waals surface area contributed by atoms with E-state index in [1.54, 1.807) is 0 Å². The van der Waals surface area contributed by atoms with Crippen molar-refractivity contribution in [1.29, 1.82) is 0 Å². The Labute approximate surface area is 253 Å². The number of rotatable bonds is 16. The molecule has 0 amide bonds. The molecule has 42 heavy (non-hydrogen) atoms. The predicted molar refractivity (Wildman–Crippen MR) is 165 cm³/mol. The molecule has 0 bridgehead atoms. The van der Waals surface area contributed by atoms with Gasteiger partial charge in [-0.3, -0.25) is 0 Å². The Hall–Kier alpha value is -1.54. The highest BCUT2D eigenvalue weighted by Crippen LogP contribution is 2.50. The molecule has 1 saturated carbocycles. The number of benzene rings is 1. The van der Waals surface area contributed by atoms with Crippen molar-refractivity contribution in [2.75, 3.05) is 26.4 Å². The first-order valence-electron chi connectivity index (χ1n) is 16.9. The number of unbranched alkanes of at least 4 members (excludes halogenated alkanes) is 2. The molecular formula is C36H54O6. The van der Waals surface area contributed by atoms with Crippen molar-refractivity contribution in [3.8, 4) is 0 Å². The van der Waals surface area contributed by atoms with E-state index in [-0.39, 0.29) is 37.3 Å². The van der Waals surface area contributed by atoms with Gasteiger partial charge in [0.25, 0.3) is 0 Å². The molecule has 6 heteroatoms. The van der Waals surface area contributed by atoms with E-state index in [2.05, 4.69) is 37.3 Å². The molecule has 6 nitrogen and oxygen atoms in total. The zero-order valence-corrected chi connectivity index (χ0v) is 25.7. The van der Waals surface area contributed by atoms with Crippen LogP contribution in [0.25, 0.3) is 0 Å². The Balaban J connectivity index is 1.25. The van der Waals surface area contributed by atoms with Crippen LogP contribution in [0, 0.1) is 23.7 Å². The lowest BCUT2D eigenvalue weighted by Gasteiger charge is -2.30. The third kappa shape index (κ3) is 9.23. The molecule has 2 heterocycles. The second kappa shape index (κ2) is 17.1. The third-order valence-electron chi connectivity index (χ3n) is 9.62. The topological polar surface area (TPSA) is 66.4 Å². The van der Waals surface area contributed by atoms with Gasteiger partial charge in [-0.15, -0.1) is 0 Å². The molecule has 8 atom stereocenters. The monoisotopic (exact) mass is 582 g/mol. The number of aliphatic hydroxyl groups excluding tert-OH is 1. The molecule has 234 valence electrons. The molecule has 2 aliphatic heterocycles. The van der Waals surface area contributed by atoms with Crippen LogP contribution in [0.3, 0.4) is 0 Å². The van der Waals surface area contributed by atoms with Crippen LogP contribution in [0.2, 0.25) is 0 Å². The molecule has 2 aliphatic carbocycles. The number of allylic oxidation sites excluding steroid dienone is 1. The number of hydrogen-bond acceptors (Lipinski definition) is 6. The number of hydrogen-bond donors (Lipinski definition) is 1. The Morgan fingerprint density at radius 3 is 2.50 bits per heavy atom. The SMILES string of the molecule is CCCCC[C@@H](/C=C/[C@@H]1[C@H]2CC(C(CO)COCc3ccccc3)=C[C@H]2C[C@H]1OC1CCCCO1)OC1CCCCO1. The second-order valence-corrected chi connectivity index (χ2v) is 12.8. The van der Waals surface area contributed by atoms with Gasteiger partial charge in [0.05, 0.1) is 32.0 Å². The van der Waals surface area contributed by atoms with E-state index >= 15 is 0 Å². The largest absolute Gasteiger partial charge is 0.396 e. The Kier molecular flexibility index (Phi) is 13.0. The number of aliphatic hydroxyl groups is 1. The van der Waals surface area contributed by atoms with Gasteiger partial charge in [-0.2, -0.15) is 0 Å². The van der Waals surface area contributed by atoms with Gasteiger partial charge in [-0.25, -0.2) is 0 Å². The Bertz CT molecular complexity index is 951. The fraction of sp³-hybridized carbons (Fsp3) is 0.722. The van der Waals surface area contributed by atoms with Crippen molar-refractivity contribution < 1.29 is 28.8 Å². The normalized spacial score (nSPS) is 31.2. The van der Waals surface area contributed by atoms with E-state index in [0.717, 1.165) is 70.1 Å². The Morgan fingerprint density at radius 1 is 1.00 bits per heavy atom. The molecule has 1 N–H and O–H groups in total. The van der Waals surface area contributed by atoms with Gasteiger partial charge in [0.15, 0.2) is 12.6 Å². The van der Waals surface area contributed by atoms with E-state index < -0.39 is 0 Å². The van der Waals surface area contributed by atoms with Crippen LogP contribution in [0.15, 0.2) is 54.1 Å². The summed E-state index contributed by atoms with van der Waals surface area (Å²) in [6.45, 7) is 5.08. The second-order valence-electron chi connectivity index (χ2n) is 12.8. The summed E-state index contributed by atoms with van der Waals surface area (Å²) in [5.41, 5.74) is 2.51. The molecule has 4 aliphatic rings. The molecule has 0 radical (unpaired) electrons. The molecule has 1 aromatic rings. The van der Waals surface area contributed by atoms with Gasteiger partial charge in [-0.05, 0) is 75.2 Å². The first-order valence-corrected chi connectivity index (χ1v) is 16.9. The van der Waals surface area contributed by atoms with Crippen LogP contribution in [0.1, 0.15) is 89.5 Å². The lowest BCUT2D eigenvalue weighted by atomic mass is 9.87. The first-order chi connectivity index (χ1) is 20.7. The lowest BCUT2D eigenvalue weighted by molar-refractivity contribution is -0.193. The van der Waals surface area contributed by atoms with Gasteiger partial charge in [0.2, 0.25) is 0 Å². The number of fused-ring (bicyclic) bond motifs is 1. The standard InChI is InChI=1S/C36H54O6/c1-2-3-5-14-31(41-35-15-8-10-19-39-35)17-18-32-33-22-28(30(24-37)26-38-25-27-12-6-4-7-13-27)21-29(33)23-34(32)42-36-16-9-11-20-40-36/h4,6-7,12-13,17-18,21,29-37H,2-3,5,8-11,14-16,19-20,22-26H2,1H3/b18-17+/t29-,30?,31-,32+,33-,34+,35?,36?/m0/s1. The molecule has 3 unspecified atom stereocenters. The van der Waals surface area contributed by atoms with Crippen LogP contribution in [0.4, 0.5) is 0 Å². The molecular weight excluding hydrogens is 528 g/mol. The smallest absolute Gasteiger partial charge is 0.158 e. The van der Waals surface area contributed by atoms with E-state index in [9.17, 15) is 5.11 Å². The van der Waals surface area contributed by atoms with E-state index in [1.165, 1.54) is 31.3 Å². The summed E-state index contributed by atoms with van der Waals surface area (Å²) in [4.78, 5) is 0. The van der Waals surface area contributed by atoms with Crippen LogP contribution >= 0.6 is 0 Å². The van der Waals surface area contributed by atoms with Crippen molar-refractivity contribution in [1.82, 2.24) is 0 Å². The maximum Gasteiger partial charge on any atom is 0.158 e. The third-order valence-corrected chi connectivity index (χ3v) is 9.62. The average molecular weight is 583 g/mol. The van der Waals surface area contributed by atoms with Crippen molar-refractivity contribution in [3.63, 3.8) is 0 Å². The Morgan fingerprint density at radius 2 is 1.79 bits per heavy atom. The van der Waals surface area contributed by atoms with Gasteiger partial charge in [-0.1, -0.05) is 80.3 Å². The zero-order chi connectivity index (χ0) is 29.0. The van der Waals surface area contributed by atoms with E-state index in [1.807, 2.05) is 18.2 Å². The fourth-order valence-electron chi connectivity index (χ4n) is 7.23. The minimum atomic E-state index is -0.0919. The predicted octanol–water partition coefficient (Wildman–Crippen LogP) is 7.35. The quantitative estimate of drug-likeness (QED) is 0.162. The van der Waals surface area contributed by atoms with Crippen LogP contribution in [-0.2, 0) is 30.3 Å². The van der Waals surface area contributed by atoms with Crippen LogP contribution in [-0.4, -0.2) is 56.3 Å². The molecule has 5 rings (SSSR count). The van der Waals surface area contributed by atoms with E-state index in [4.69, 9.17) is 23.7 Å². The lowest BCUT2D eigenvalue weighted by Crippen LogP contribution is -2.31. The summed E-state index contributed by atoms with van der Waals surface area (Å²) in [5.74, 6) is 1.25. The van der Waals surface area contributed by atoms with Gasteiger partial charge < -0.3 is 28.8 Å². The highest BCUT2D eigenvalue weighted by molar-refractivity contribution is 5.23. The molecule has 0 aromatic heterocycles. The van der Waals surface area contributed by atoms with Crippen LogP contribution in [0.5, 0.6) is 0 Å². The fourth-order valence-corrected chi connectivity index (χ4v) is 7.23. The maximum absolute atomic E-state index is 10.3. The van der Waals surface area contributed by atoms with Crippen molar-refractivity contribution in [2.24, 2.45) is 23.7 Å². The molecule has 1 aromatic carbocycles. The van der Waals surface area contributed by atoms with Crippen molar-refractivity contribution >= 4 is 0 Å². The summed E-state index contributed by atoms with van der Waals surface area (Å²) in [6.07, 6.45) is 20.4. The zero-order valence-electron chi connectivity index (χ0n) is 25.7. The maximum atomic E-state index is 10.3. The molecule has 2 saturated heterocycles. The highest BCUT2D eigenvalue weighted by atomic mass is 16.7. The molecule has 3 fully saturated rings. The van der Waals surface area contributed by atoms with Gasteiger partial charge in [0.1, 0.15) is 0 Å². The first kappa shape index (κ1) is 31.9.